The fraction of sp³-hybridized carbons (Fsp3) is 0.889. The number of carbonyl (C=O) groups excluding carboxylic acids is 2. The van der Waals surface area contributed by atoms with E-state index in [1.165, 1.54) is 12.8 Å². The summed E-state index contributed by atoms with van der Waals surface area (Å²) < 4.78 is 5.77. The van der Waals surface area contributed by atoms with E-state index in [2.05, 4.69) is 10.6 Å². The Bertz CT molecular complexity index is 504. The zero-order valence-electron chi connectivity index (χ0n) is 14.2. The number of hydrogen-bond acceptors (Lipinski definition) is 4. The third-order valence-corrected chi connectivity index (χ3v) is 7.70. The molecule has 0 spiro atoms. The summed E-state index contributed by atoms with van der Waals surface area (Å²) in [5.41, 5.74) is -0.195. The second-order valence-electron chi connectivity index (χ2n) is 8.03. The predicted molar refractivity (Wildman–Crippen MR) is 93.9 cm³/mol. The van der Waals surface area contributed by atoms with Crippen LogP contribution < -0.4 is 10.6 Å². The highest BCUT2D eigenvalue weighted by molar-refractivity contribution is 8.00. The van der Waals surface area contributed by atoms with Crippen LogP contribution >= 0.6 is 11.8 Å². The molecule has 4 aliphatic carbocycles. The van der Waals surface area contributed by atoms with Gasteiger partial charge < -0.3 is 15.4 Å². The lowest BCUT2D eigenvalue weighted by atomic mass is 9.53. The van der Waals surface area contributed by atoms with Crippen LogP contribution in [-0.4, -0.2) is 41.2 Å². The second kappa shape index (κ2) is 6.77. The number of ether oxygens (including phenoxy) is 1. The van der Waals surface area contributed by atoms with Crippen molar-refractivity contribution in [2.75, 3.05) is 11.5 Å². The van der Waals surface area contributed by atoms with Gasteiger partial charge in [-0.25, -0.2) is 4.79 Å². The van der Waals surface area contributed by atoms with Gasteiger partial charge in [0.25, 0.3) is 0 Å². The first-order valence-electron chi connectivity index (χ1n) is 9.52. The van der Waals surface area contributed by atoms with Crippen molar-refractivity contribution >= 4 is 23.8 Å². The minimum atomic E-state index is -0.238. The standard InChI is InChI=1S/C18H28N2O3S/c21-15-10-24-11-18(8-7-12-9-14(18)16(12)19-15)20-17(22)23-13-5-3-1-2-4-6-13/h12-14,16H,1-11H2,(H,19,21)(H,20,22)/t12-,14?,16?,18-/m0/s1. The molecule has 2 N–H and O–H groups in total. The normalized spacial score (nSPS) is 39.5. The number of amides is 2. The highest BCUT2D eigenvalue weighted by atomic mass is 32.2. The molecule has 0 aromatic heterocycles. The Morgan fingerprint density at radius 3 is 2.75 bits per heavy atom. The topological polar surface area (TPSA) is 67.4 Å². The Morgan fingerprint density at radius 2 is 2.00 bits per heavy atom. The molecule has 2 amide bonds. The molecule has 0 aromatic rings. The predicted octanol–water partition coefficient (Wildman–Crippen LogP) is 2.84. The zero-order valence-corrected chi connectivity index (χ0v) is 15.0. The van der Waals surface area contributed by atoms with Crippen LogP contribution in [0, 0.1) is 11.8 Å². The van der Waals surface area contributed by atoms with E-state index < -0.39 is 0 Å². The summed E-state index contributed by atoms with van der Waals surface area (Å²) in [4.78, 5) is 24.5. The molecule has 5 fully saturated rings. The number of nitrogens with one attached hydrogen (secondary N) is 2. The SMILES string of the molecule is O=C1CSC[C@@]2(NC(=O)OC3CCCCCC3)CC[C@H]3CC2C3N1. The van der Waals surface area contributed by atoms with E-state index >= 15 is 0 Å². The third kappa shape index (κ3) is 3.14. The maximum absolute atomic E-state index is 12.6. The number of alkyl carbamates (subject to hydrolysis) is 1. The van der Waals surface area contributed by atoms with Crippen LogP contribution in [0.2, 0.25) is 0 Å². The summed E-state index contributed by atoms with van der Waals surface area (Å²) in [6, 6.07) is 0.255. The van der Waals surface area contributed by atoms with E-state index in [1.54, 1.807) is 11.8 Å². The molecule has 1 heterocycles. The van der Waals surface area contributed by atoms with Crippen LogP contribution in [0.3, 0.4) is 0 Å². The summed E-state index contributed by atoms with van der Waals surface area (Å²) in [5, 5.41) is 6.45. The third-order valence-electron chi connectivity index (χ3n) is 6.52. The van der Waals surface area contributed by atoms with E-state index in [4.69, 9.17) is 4.74 Å². The molecule has 5 rings (SSSR count). The molecule has 0 aromatic carbocycles. The van der Waals surface area contributed by atoms with Gasteiger partial charge in [-0.2, -0.15) is 0 Å². The summed E-state index contributed by atoms with van der Waals surface area (Å²) in [7, 11) is 0. The van der Waals surface area contributed by atoms with Gasteiger partial charge >= 0.3 is 6.09 Å². The summed E-state index contributed by atoms with van der Waals surface area (Å²) in [5.74, 6) is 2.45. The summed E-state index contributed by atoms with van der Waals surface area (Å²) in [6.07, 6.45) is 9.91. The van der Waals surface area contributed by atoms with E-state index in [9.17, 15) is 9.59 Å². The summed E-state index contributed by atoms with van der Waals surface area (Å²) in [6.45, 7) is 0. The maximum Gasteiger partial charge on any atom is 0.407 e. The quantitative estimate of drug-likeness (QED) is 0.750. The minimum Gasteiger partial charge on any atom is -0.446 e. The van der Waals surface area contributed by atoms with Gasteiger partial charge in [-0.05, 0) is 50.9 Å². The van der Waals surface area contributed by atoms with E-state index in [0.29, 0.717) is 17.6 Å². The molecular formula is C18H28N2O3S. The van der Waals surface area contributed by atoms with Gasteiger partial charge in [0.2, 0.25) is 5.91 Å². The Kier molecular flexibility index (Phi) is 4.67. The van der Waals surface area contributed by atoms with Crippen LogP contribution in [0.5, 0.6) is 0 Å². The minimum absolute atomic E-state index is 0.0818. The Balaban J connectivity index is 1.41. The second-order valence-corrected chi connectivity index (χ2v) is 9.01. The average Bonchev–Trinajstić information content (AvgIpc) is 2.80. The molecule has 2 unspecified atom stereocenters. The maximum atomic E-state index is 12.6. The molecule has 134 valence electrons. The van der Waals surface area contributed by atoms with Gasteiger partial charge in [0.15, 0.2) is 0 Å². The molecule has 5 aliphatic rings. The molecule has 0 radical (unpaired) electrons. The Morgan fingerprint density at radius 1 is 1.21 bits per heavy atom. The van der Waals surface area contributed by atoms with Gasteiger partial charge in [-0.1, -0.05) is 12.8 Å². The van der Waals surface area contributed by atoms with Crippen LogP contribution in [0.4, 0.5) is 4.79 Å². The summed E-state index contributed by atoms with van der Waals surface area (Å²) >= 11 is 1.64. The average molecular weight is 353 g/mol. The number of thioether (sulfide) groups is 1. The van der Waals surface area contributed by atoms with Gasteiger partial charge in [0.1, 0.15) is 6.10 Å². The Labute approximate surface area is 148 Å². The lowest BCUT2D eigenvalue weighted by Gasteiger charge is -2.60. The smallest absolute Gasteiger partial charge is 0.407 e. The van der Waals surface area contributed by atoms with Crippen molar-refractivity contribution in [3.63, 3.8) is 0 Å². The van der Waals surface area contributed by atoms with Crippen molar-refractivity contribution in [1.29, 1.82) is 0 Å². The first-order valence-corrected chi connectivity index (χ1v) is 10.7. The van der Waals surface area contributed by atoms with Crippen molar-refractivity contribution < 1.29 is 14.3 Å². The number of hydrogen-bond donors (Lipinski definition) is 2. The van der Waals surface area contributed by atoms with Gasteiger partial charge in [-0.15, -0.1) is 11.8 Å². The molecule has 4 saturated carbocycles. The molecule has 1 aliphatic heterocycles. The Hall–Kier alpha value is -0.910. The van der Waals surface area contributed by atoms with Crippen molar-refractivity contribution in [3.05, 3.63) is 0 Å². The number of rotatable bonds is 2. The largest absolute Gasteiger partial charge is 0.446 e. The molecule has 5 nitrogen and oxygen atoms in total. The van der Waals surface area contributed by atoms with Crippen LogP contribution in [0.1, 0.15) is 57.8 Å². The van der Waals surface area contributed by atoms with E-state index in [1.807, 2.05) is 0 Å². The van der Waals surface area contributed by atoms with Crippen LogP contribution in [0.15, 0.2) is 0 Å². The highest BCUT2D eigenvalue weighted by Crippen LogP contribution is 2.53. The van der Waals surface area contributed by atoms with Crippen molar-refractivity contribution in [3.8, 4) is 0 Å². The monoisotopic (exact) mass is 352 g/mol. The molecule has 6 heteroatoms. The molecular weight excluding hydrogens is 324 g/mol. The van der Waals surface area contributed by atoms with Crippen LogP contribution in [-0.2, 0) is 9.53 Å². The number of fused-ring (bicyclic) bond motifs is 1. The fourth-order valence-corrected chi connectivity index (χ4v) is 6.30. The molecule has 4 bridgehead atoms. The lowest BCUT2D eigenvalue weighted by Crippen LogP contribution is -2.72. The van der Waals surface area contributed by atoms with Gasteiger partial charge in [0, 0.05) is 17.7 Å². The fourth-order valence-electron chi connectivity index (χ4n) is 5.13. The first-order chi connectivity index (χ1) is 11.7. The van der Waals surface area contributed by atoms with Crippen molar-refractivity contribution in [2.24, 2.45) is 11.8 Å². The van der Waals surface area contributed by atoms with Gasteiger partial charge in [-0.3, -0.25) is 4.79 Å². The number of carbonyl (C=O) groups is 2. The van der Waals surface area contributed by atoms with Crippen molar-refractivity contribution in [1.82, 2.24) is 10.6 Å². The zero-order chi connectivity index (χ0) is 16.6. The lowest BCUT2D eigenvalue weighted by molar-refractivity contribution is -0.124. The molecule has 1 saturated heterocycles. The van der Waals surface area contributed by atoms with E-state index in [0.717, 1.165) is 50.7 Å². The molecule has 4 atom stereocenters. The van der Waals surface area contributed by atoms with E-state index in [-0.39, 0.29) is 29.7 Å². The molecule has 24 heavy (non-hydrogen) atoms. The van der Waals surface area contributed by atoms with Gasteiger partial charge in [0.05, 0.1) is 11.3 Å². The van der Waals surface area contributed by atoms with Crippen molar-refractivity contribution in [2.45, 2.75) is 75.5 Å². The highest BCUT2D eigenvalue weighted by Gasteiger charge is 2.58. The van der Waals surface area contributed by atoms with Crippen LogP contribution in [0.25, 0.3) is 0 Å². The first kappa shape index (κ1) is 16.6.